The number of fused-ring (bicyclic) bond motifs is 1. The molecule has 0 fully saturated rings. The number of carbonyl (C=O) groups excluding carboxylic acids is 1. The molecule has 1 nitrogen and oxygen atoms in total. The van der Waals surface area contributed by atoms with Crippen LogP contribution in [0.5, 0.6) is 0 Å². The predicted molar refractivity (Wildman–Crippen MR) is 66.1 cm³/mol. The van der Waals surface area contributed by atoms with Crippen molar-refractivity contribution in [3.63, 3.8) is 0 Å². The molecule has 2 aromatic rings. The number of hydrogen-bond acceptors (Lipinski definition) is 1. The lowest BCUT2D eigenvalue weighted by molar-refractivity contribution is -0.108. The molecule has 15 heavy (non-hydrogen) atoms. The van der Waals surface area contributed by atoms with Crippen LogP contribution in [0.1, 0.15) is 18.4 Å². The van der Waals surface area contributed by atoms with Gasteiger partial charge in [0, 0.05) is 10.4 Å². The third-order valence-electron chi connectivity index (χ3n) is 2.58. The van der Waals surface area contributed by atoms with E-state index >= 15 is 0 Å². The van der Waals surface area contributed by atoms with Crippen LogP contribution in [0.2, 0.25) is 0 Å². The van der Waals surface area contributed by atoms with Crippen LogP contribution in [0, 0.1) is 0 Å². The van der Waals surface area contributed by atoms with Gasteiger partial charge in [-0.1, -0.05) is 53.2 Å². The Kier molecular flexibility index (Phi) is 2.87. The molecule has 1 unspecified atom stereocenters. The Balaban J connectivity index is 2.61. The van der Waals surface area contributed by atoms with Crippen LogP contribution in [0.4, 0.5) is 0 Å². The standard InChI is InChI=1S/C13H11BrO/c1-9(8-15)10-5-6-12-11(7-10)3-2-4-13(12)14/h2-9H,1H3. The van der Waals surface area contributed by atoms with Gasteiger partial charge in [-0.2, -0.15) is 0 Å². The monoisotopic (exact) mass is 262 g/mol. The van der Waals surface area contributed by atoms with Crippen LogP contribution in [-0.2, 0) is 4.79 Å². The molecule has 2 heteroatoms. The lowest BCUT2D eigenvalue weighted by atomic mass is 9.99. The first-order valence-electron chi connectivity index (χ1n) is 4.86. The highest BCUT2D eigenvalue weighted by atomic mass is 79.9. The summed E-state index contributed by atoms with van der Waals surface area (Å²) >= 11 is 3.51. The Morgan fingerprint density at radius 2 is 2.07 bits per heavy atom. The lowest BCUT2D eigenvalue weighted by Gasteiger charge is -2.06. The third-order valence-corrected chi connectivity index (χ3v) is 3.27. The highest BCUT2D eigenvalue weighted by Gasteiger charge is 2.05. The molecular formula is C13H11BrO. The minimum Gasteiger partial charge on any atom is -0.303 e. The summed E-state index contributed by atoms with van der Waals surface area (Å²) in [6.07, 6.45) is 0.971. The average Bonchev–Trinajstić information content (AvgIpc) is 2.28. The van der Waals surface area contributed by atoms with E-state index in [0.717, 1.165) is 21.7 Å². The SMILES string of the molecule is CC(C=O)c1ccc2c(Br)cccc2c1. The maximum absolute atomic E-state index is 10.7. The zero-order valence-electron chi connectivity index (χ0n) is 8.41. The molecule has 76 valence electrons. The smallest absolute Gasteiger partial charge is 0.127 e. The summed E-state index contributed by atoms with van der Waals surface area (Å²) in [6.45, 7) is 1.91. The summed E-state index contributed by atoms with van der Waals surface area (Å²) < 4.78 is 1.09. The van der Waals surface area contributed by atoms with Gasteiger partial charge in [0.15, 0.2) is 0 Å². The van der Waals surface area contributed by atoms with Crippen LogP contribution in [0.3, 0.4) is 0 Å². The minimum absolute atomic E-state index is 0.0339. The Bertz CT molecular complexity index is 505. The molecule has 0 aliphatic heterocycles. The van der Waals surface area contributed by atoms with Gasteiger partial charge in [-0.05, 0) is 22.4 Å². The fraction of sp³-hybridized carbons (Fsp3) is 0.154. The van der Waals surface area contributed by atoms with Crippen molar-refractivity contribution in [1.29, 1.82) is 0 Å². The van der Waals surface area contributed by atoms with E-state index in [1.165, 1.54) is 5.39 Å². The van der Waals surface area contributed by atoms with E-state index in [9.17, 15) is 4.79 Å². The number of carbonyl (C=O) groups is 1. The first kappa shape index (κ1) is 10.4. The van der Waals surface area contributed by atoms with Crippen LogP contribution < -0.4 is 0 Å². The summed E-state index contributed by atoms with van der Waals surface area (Å²) in [6, 6.07) is 12.2. The van der Waals surface area contributed by atoms with Crippen molar-refractivity contribution in [2.75, 3.05) is 0 Å². The molecule has 0 N–H and O–H groups in total. The van der Waals surface area contributed by atoms with E-state index in [1.54, 1.807) is 0 Å². The Morgan fingerprint density at radius 1 is 1.27 bits per heavy atom. The molecule has 0 bridgehead atoms. The van der Waals surface area contributed by atoms with Gasteiger partial charge < -0.3 is 4.79 Å². The molecule has 0 saturated heterocycles. The topological polar surface area (TPSA) is 17.1 Å². The first-order chi connectivity index (χ1) is 7.22. The van der Waals surface area contributed by atoms with E-state index in [-0.39, 0.29) is 5.92 Å². The van der Waals surface area contributed by atoms with Crippen LogP contribution in [0.15, 0.2) is 40.9 Å². The van der Waals surface area contributed by atoms with Gasteiger partial charge in [0.1, 0.15) is 6.29 Å². The molecule has 0 amide bonds. The van der Waals surface area contributed by atoms with Gasteiger partial charge in [-0.25, -0.2) is 0 Å². The molecule has 0 aliphatic carbocycles. The molecule has 0 saturated carbocycles. The van der Waals surface area contributed by atoms with E-state index < -0.39 is 0 Å². The molecule has 0 aliphatic rings. The number of rotatable bonds is 2. The van der Waals surface area contributed by atoms with E-state index in [4.69, 9.17) is 0 Å². The summed E-state index contributed by atoms with van der Waals surface area (Å²) in [4.78, 5) is 10.7. The normalized spacial score (nSPS) is 12.7. The maximum Gasteiger partial charge on any atom is 0.127 e. The molecule has 0 radical (unpaired) electrons. The van der Waals surface area contributed by atoms with Gasteiger partial charge in [0.05, 0.1) is 0 Å². The Hall–Kier alpha value is -1.15. The van der Waals surface area contributed by atoms with Gasteiger partial charge in [0.25, 0.3) is 0 Å². The largest absolute Gasteiger partial charge is 0.303 e. The van der Waals surface area contributed by atoms with Crippen molar-refractivity contribution in [3.05, 3.63) is 46.4 Å². The highest BCUT2D eigenvalue weighted by molar-refractivity contribution is 9.10. The second-order valence-corrected chi connectivity index (χ2v) is 4.50. The molecule has 0 spiro atoms. The number of hydrogen-bond donors (Lipinski definition) is 0. The fourth-order valence-corrected chi connectivity index (χ4v) is 2.14. The molecule has 1 atom stereocenters. The van der Waals surface area contributed by atoms with Crippen molar-refractivity contribution < 1.29 is 4.79 Å². The van der Waals surface area contributed by atoms with Crippen LogP contribution in [-0.4, -0.2) is 6.29 Å². The summed E-state index contributed by atoms with van der Waals surface area (Å²) in [7, 11) is 0. The first-order valence-corrected chi connectivity index (χ1v) is 5.65. The number of halogens is 1. The van der Waals surface area contributed by atoms with E-state index in [2.05, 4.69) is 34.1 Å². The summed E-state index contributed by atoms with van der Waals surface area (Å²) in [5.74, 6) is -0.0339. The maximum atomic E-state index is 10.7. The van der Waals surface area contributed by atoms with E-state index in [0.29, 0.717) is 0 Å². The fourth-order valence-electron chi connectivity index (χ4n) is 1.62. The number of benzene rings is 2. The Morgan fingerprint density at radius 3 is 2.80 bits per heavy atom. The summed E-state index contributed by atoms with van der Waals surface area (Å²) in [5, 5.41) is 2.34. The average molecular weight is 263 g/mol. The Labute approximate surface area is 97.2 Å². The van der Waals surface area contributed by atoms with E-state index in [1.807, 2.05) is 25.1 Å². The zero-order valence-corrected chi connectivity index (χ0v) is 9.99. The molecule has 0 aromatic heterocycles. The quantitative estimate of drug-likeness (QED) is 0.751. The van der Waals surface area contributed by atoms with Crippen molar-refractivity contribution in [2.24, 2.45) is 0 Å². The minimum atomic E-state index is -0.0339. The van der Waals surface area contributed by atoms with Crippen molar-refractivity contribution in [3.8, 4) is 0 Å². The molecule has 2 aromatic carbocycles. The van der Waals surface area contributed by atoms with Crippen molar-refractivity contribution in [1.82, 2.24) is 0 Å². The van der Waals surface area contributed by atoms with Gasteiger partial charge >= 0.3 is 0 Å². The van der Waals surface area contributed by atoms with Crippen molar-refractivity contribution >= 4 is 33.0 Å². The highest BCUT2D eigenvalue weighted by Crippen LogP contribution is 2.26. The molecular weight excluding hydrogens is 252 g/mol. The second-order valence-electron chi connectivity index (χ2n) is 3.65. The second kappa shape index (κ2) is 4.15. The van der Waals surface area contributed by atoms with Crippen molar-refractivity contribution in [2.45, 2.75) is 12.8 Å². The van der Waals surface area contributed by atoms with Crippen LogP contribution in [0.25, 0.3) is 10.8 Å². The van der Waals surface area contributed by atoms with Crippen LogP contribution >= 0.6 is 15.9 Å². The lowest BCUT2D eigenvalue weighted by Crippen LogP contribution is -1.93. The zero-order chi connectivity index (χ0) is 10.8. The van der Waals surface area contributed by atoms with Gasteiger partial charge in [-0.15, -0.1) is 0 Å². The molecule has 2 rings (SSSR count). The predicted octanol–water partition coefficient (Wildman–Crippen LogP) is 3.90. The summed E-state index contributed by atoms with van der Waals surface area (Å²) in [5.41, 5.74) is 1.07. The molecule has 0 heterocycles. The third kappa shape index (κ3) is 1.95. The number of aldehydes is 1. The van der Waals surface area contributed by atoms with Gasteiger partial charge in [0.2, 0.25) is 0 Å². The van der Waals surface area contributed by atoms with Gasteiger partial charge in [-0.3, -0.25) is 0 Å².